The summed E-state index contributed by atoms with van der Waals surface area (Å²) in [6.07, 6.45) is 0. The minimum absolute atomic E-state index is 0.0627. The fraction of sp³-hybridized carbons (Fsp3) is 0.462. The van der Waals surface area contributed by atoms with Crippen molar-refractivity contribution in [3.8, 4) is 11.8 Å². The average molecular weight is 233 g/mol. The molecule has 0 aliphatic carbocycles. The third-order valence-corrected chi connectivity index (χ3v) is 2.73. The third kappa shape index (κ3) is 3.65. The smallest absolute Gasteiger partial charge is 0.121 e. The summed E-state index contributed by atoms with van der Waals surface area (Å²) in [5, 5.41) is 12.2. The van der Waals surface area contributed by atoms with E-state index in [1.165, 1.54) is 0 Å². The second-order valence-corrected chi connectivity index (χ2v) is 4.31. The molecule has 1 aromatic rings. The number of benzene rings is 1. The van der Waals surface area contributed by atoms with Crippen LogP contribution in [0.3, 0.4) is 0 Å². The number of ether oxygens (including phenoxy) is 1. The summed E-state index contributed by atoms with van der Waals surface area (Å²) >= 11 is 0. The Labute approximate surface area is 102 Å². The molecule has 0 aliphatic rings. The lowest BCUT2D eigenvalue weighted by atomic mass is 10.1. The molecular formula is C13H19N3O. The van der Waals surface area contributed by atoms with Gasteiger partial charge in [-0.15, -0.1) is 0 Å². The van der Waals surface area contributed by atoms with E-state index in [-0.39, 0.29) is 6.04 Å². The third-order valence-electron chi connectivity index (χ3n) is 2.73. The van der Waals surface area contributed by atoms with Crippen molar-refractivity contribution in [2.24, 2.45) is 11.7 Å². The lowest BCUT2D eigenvalue weighted by molar-refractivity contribution is 0.415. The fourth-order valence-electron chi connectivity index (χ4n) is 1.36. The molecule has 3 N–H and O–H groups in total. The summed E-state index contributed by atoms with van der Waals surface area (Å²) in [4.78, 5) is 0. The van der Waals surface area contributed by atoms with Gasteiger partial charge in [-0.25, -0.2) is 0 Å². The van der Waals surface area contributed by atoms with Crippen LogP contribution < -0.4 is 15.8 Å². The molecule has 0 spiro atoms. The van der Waals surface area contributed by atoms with Gasteiger partial charge < -0.3 is 15.8 Å². The average Bonchev–Trinajstić information content (AvgIpc) is 2.35. The Bertz CT molecular complexity index is 410. The van der Waals surface area contributed by atoms with Gasteiger partial charge in [0.1, 0.15) is 11.8 Å². The molecule has 0 radical (unpaired) electrons. The highest BCUT2D eigenvalue weighted by Crippen LogP contribution is 2.21. The van der Waals surface area contributed by atoms with Gasteiger partial charge >= 0.3 is 0 Å². The van der Waals surface area contributed by atoms with E-state index in [2.05, 4.69) is 25.2 Å². The first-order valence-electron chi connectivity index (χ1n) is 5.66. The molecule has 0 saturated carbocycles. The van der Waals surface area contributed by atoms with E-state index in [0.717, 1.165) is 11.4 Å². The zero-order chi connectivity index (χ0) is 12.8. The molecule has 0 bridgehead atoms. The summed E-state index contributed by atoms with van der Waals surface area (Å²) in [7, 11) is 1.60. The van der Waals surface area contributed by atoms with Crippen LogP contribution in [0.25, 0.3) is 0 Å². The van der Waals surface area contributed by atoms with Crippen LogP contribution in [-0.4, -0.2) is 19.7 Å². The van der Waals surface area contributed by atoms with Crippen LogP contribution in [0.4, 0.5) is 5.69 Å². The largest absolute Gasteiger partial charge is 0.497 e. The predicted molar refractivity (Wildman–Crippen MR) is 69.0 cm³/mol. The lowest BCUT2D eigenvalue weighted by Gasteiger charge is -2.17. The van der Waals surface area contributed by atoms with Gasteiger partial charge in [0.05, 0.1) is 18.4 Å². The summed E-state index contributed by atoms with van der Waals surface area (Å²) in [6, 6.07) is 7.52. The number of anilines is 1. The van der Waals surface area contributed by atoms with Crippen LogP contribution in [0.15, 0.2) is 18.2 Å². The number of hydrogen-bond donors (Lipinski definition) is 2. The number of methoxy groups -OCH3 is 1. The van der Waals surface area contributed by atoms with Crippen LogP contribution >= 0.6 is 0 Å². The molecule has 0 heterocycles. The van der Waals surface area contributed by atoms with Crippen molar-refractivity contribution in [1.82, 2.24) is 0 Å². The molecule has 0 saturated heterocycles. The van der Waals surface area contributed by atoms with E-state index in [1.807, 2.05) is 6.07 Å². The highest BCUT2D eigenvalue weighted by atomic mass is 16.5. The Morgan fingerprint density at radius 2 is 2.18 bits per heavy atom. The molecule has 1 aromatic carbocycles. The van der Waals surface area contributed by atoms with Gasteiger partial charge in [0.2, 0.25) is 0 Å². The molecular weight excluding hydrogens is 214 g/mol. The van der Waals surface area contributed by atoms with Gasteiger partial charge in [-0.05, 0) is 18.1 Å². The molecule has 92 valence electrons. The van der Waals surface area contributed by atoms with Crippen LogP contribution in [0.1, 0.15) is 19.4 Å². The van der Waals surface area contributed by atoms with Crippen LogP contribution in [0.5, 0.6) is 5.75 Å². The summed E-state index contributed by atoms with van der Waals surface area (Å²) < 4.78 is 5.13. The maximum atomic E-state index is 8.99. The zero-order valence-corrected chi connectivity index (χ0v) is 10.5. The number of nitrogens with two attached hydrogens (primary N) is 1. The van der Waals surface area contributed by atoms with Crippen molar-refractivity contribution >= 4 is 5.69 Å². The zero-order valence-electron chi connectivity index (χ0n) is 10.5. The molecule has 4 nitrogen and oxygen atoms in total. The van der Waals surface area contributed by atoms with E-state index in [4.69, 9.17) is 15.7 Å². The molecule has 0 aliphatic heterocycles. The second-order valence-electron chi connectivity index (χ2n) is 4.31. The first kappa shape index (κ1) is 13.3. The molecule has 0 amide bonds. The minimum Gasteiger partial charge on any atom is -0.497 e. The summed E-state index contributed by atoms with van der Waals surface area (Å²) in [5.41, 5.74) is 7.32. The van der Waals surface area contributed by atoms with Crippen molar-refractivity contribution in [2.75, 3.05) is 19.0 Å². The monoisotopic (exact) mass is 233 g/mol. The first-order chi connectivity index (χ1) is 8.08. The van der Waals surface area contributed by atoms with Crippen LogP contribution in [0.2, 0.25) is 0 Å². The van der Waals surface area contributed by atoms with Crippen LogP contribution in [-0.2, 0) is 0 Å². The minimum atomic E-state index is 0.0627. The van der Waals surface area contributed by atoms with Crippen molar-refractivity contribution < 1.29 is 4.74 Å². The Hall–Kier alpha value is -1.73. The van der Waals surface area contributed by atoms with Gasteiger partial charge in [-0.1, -0.05) is 13.8 Å². The Morgan fingerprint density at radius 1 is 1.47 bits per heavy atom. The molecule has 0 fully saturated rings. The topological polar surface area (TPSA) is 71.1 Å². The van der Waals surface area contributed by atoms with Crippen molar-refractivity contribution in [3.63, 3.8) is 0 Å². The van der Waals surface area contributed by atoms with Crippen molar-refractivity contribution in [2.45, 2.75) is 19.9 Å². The Balaban J connectivity index is 2.78. The molecule has 0 aromatic heterocycles. The number of rotatable bonds is 5. The highest BCUT2D eigenvalue weighted by Gasteiger charge is 2.09. The summed E-state index contributed by atoms with van der Waals surface area (Å²) in [5.74, 6) is 1.13. The SMILES string of the molecule is COc1ccc(C#N)c(NCC(N)C(C)C)c1. The van der Waals surface area contributed by atoms with Gasteiger partial charge in [0, 0.05) is 18.7 Å². The standard InChI is InChI=1S/C13H19N3O/c1-9(2)12(15)8-16-13-6-11(17-3)5-4-10(13)7-14/h4-6,9,12,16H,8,15H2,1-3H3. The fourth-order valence-corrected chi connectivity index (χ4v) is 1.36. The maximum absolute atomic E-state index is 8.99. The first-order valence-corrected chi connectivity index (χ1v) is 5.66. The van der Waals surface area contributed by atoms with E-state index >= 15 is 0 Å². The number of nitriles is 1. The van der Waals surface area contributed by atoms with Crippen molar-refractivity contribution in [3.05, 3.63) is 23.8 Å². The van der Waals surface area contributed by atoms with Gasteiger partial charge in [0.15, 0.2) is 0 Å². The lowest BCUT2D eigenvalue weighted by Crippen LogP contribution is -2.34. The number of nitrogens with zero attached hydrogens (tertiary/aromatic N) is 1. The van der Waals surface area contributed by atoms with E-state index < -0.39 is 0 Å². The molecule has 4 heteroatoms. The van der Waals surface area contributed by atoms with Gasteiger partial charge in [-0.3, -0.25) is 0 Å². The highest BCUT2D eigenvalue weighted by molar-refractivity contribution is 5.60. The van der Waals surface area contributed by atoms with E-state index in [1.54, 1.807) is 19.2 Å². The quantitative estimate of drug-likeness (QED) is 0.815. The number of nitrogens with one attached hydrogen (secondary N) is 1. The Morgan fingerprint density at radius 3 is 2.71 bits per heavy atom. The van der Waals surface area contributed by atoms with Gasteiger partial charge in [-0.2, -0.15) is 5.26 Å². The molecule has 17 heavy (non-hydrogen) atoms. The van der Waals surface area contributed by atoms with Crippen molar-refractivity contribution in [1.29, 1.82) is 5.26 Å². The number of hydrogen-bond acceptors (Lipinski definition) is 4. The van der Waals surface area contributed by atoms with Gasteiger partial charge in [0.25, 0.3) is 0 Å². The van der Waals surface area contributed by atoms with E-state index in [0.29, 0.717) is 18.0 Å². The molecule has 1 unspecified atom stereocenters. The predicted octanol–water partition coefficient (Wildman–Crippen LogP) is 1.96. The second kappa shape index (κ2) is 6.12. The molecule has 1 atom stereocenters. The molecule has 1 rings (SSSR count). The maximum Gasteiger partial charge on any atom is 0.121 e. The van der Waals surface area contributed by atoms with E-state index in [9.17, 15) is 0 Å². The van der Waals surface area contributed by atoms with Crippen LogP contribution in [0, 0.1) is 17.2 Å². The Kier molecular flexibility index (Phi) is 4.80. The summed E-state index contributed by atoms with van der Waals surface area (Å²) in [6.45, 7) is 4.78. The normalized spacial score (nSPS) is 12.0.